The summed E-state index contributed by atoms with van der Waals surface area (Å²) in [4.78, 5) is 31.9. The number of carbonyl (C=O) groups excluding carboxylic acids is 1. The standard InChI is InChI=1S/C21H24N2O4S/c1-13-9-15(10-14(2)22-13)11-19(24)23-6-4-21(5-7-23)16-12-18(20(25)26)28-17(16)3-8-27-21/h9-10,12H,3-8,11H2,1-2H3,(H,25,26). The van der Waals surface area contributed by atoms with E-state index in [2.05, 4.69) is 4.98 Å². The Morgan fingerprint density at radius 2 is 1.89 bits per heavy atom. The molecule has 0 radical (unpaired) electrons. The lowest BCUT2D eigenvalue weighted by Gasteiger charge is -2.44. The zero-order valence-corrected chi connectivity index (χ0v) is 17.0. The first-order chi connectivity index (χ1) is 13.4. The molecule has 0 atom stereocenters. The summed E-state index contributed by atoms with van der Waals surface area (Å²) >= 11 is 1.36. The van der Waals surface area contributed by atoms with Crippen molar-refractivity contribution in [2.75, 3.05) is 19.7 Å². The second kappa shape index (κ2) is 7.29. The van der Waals surface area contributed by atoms with E-state index in [4.69, 9.17) is 4.74 Å². The fourth-order valence-corrected chi connectivity index (χ4v) is 5.43. The van der Waals surface area contributed by atoms with Gasteiger partial charge >= 0.3 is 5.97 Å². The van der Waals surface area contributed by atoms with E-state index >= 15 is 0 Å². The van der Waals surface area contributed by atoms with Gasteiger partial charge in [0.05, 0.1) is 18.6 Å². The molecule has 148 valence electrons. The van der Waals surface area contributed by atoms with Crippen molar-refractivity contribution in [1.29, 1.82) is 0 Å². The van der Waals surface area contributed by atoms with Gasteiger partial charge in [0.25, 0.3) is 0 Å². The van der Waals surface area contributed by atoms with Gasteiger partial charge in [-0.25, -0.2) is 4.79 Å². The Kier molecular flexibility index (Phi) is 4.97. The van der Waals surface area contributed by atoms with Crippen molar-refractivity contribution in [1.82, 2.24) is 9.88 Å². The van der Waals surface area contributed by atoms with E-state index in [0.717, 1.165) is 33.8 Å². The SMILES string of the molecule is Cc1cc(CC(=O)N2CCC3(CC2)OCCc2sc(C(=O)O)cc23)cc(C)n1. The molecular formula is C21H24N2O4S. The third-order valence-electron chi connectivity index (χ3n) is 5.64. The van der Waals surface area contributed by atoms with Crippen LogP contribution in [0.15, 0.2) is 18.2 Å². The number of rotatable bonds is 3. The molecule has 2 aliphatic heterocycles. The number of pyridine rings is 1. The van der Waals surface area contributed by atoms with Gasteiger partial charge in [-0.3, -0.25) is 9.78 Å². The number of hydrogen-bond acceptors (Lipinski definition) is 5. The number of piperidine rings is 1. The van der Waals surface area contributed by atoms with Crippen molar-refractivity contribution in [3.05, 3.63) is 50.5 Å². The molecule has 4 heterocycles. The summed E-state index contributed by atoms with van der Waals surface area (Å²) in [6, 6.07) is 5.71. The minimum absolute atomic E-state index is 0.118. The number of carboxylic acid groups (broad SMARTS) is 1. The molecule has 0 unspecified atom stereocenters. The maximum atomic E-state index is 12.8. The van der Waals surface area contributed by atoms with Gasteiger partial charge in [0.2, 0.25) is 5.91 Å². The van der Waals surface area contributed by atoms with Crippen LogP contribution in [0, 0.1) is 13.8 Å². The molecule has 2 aromatic rings. The highest BCUT2D eigenvalue weighted by Crippen LogP contribution is 2.44. The number of aryl methyl sites for hydroxylation is 2. The fourth-order valence-electron chi connectivity index (χ4n) is 4.36. The summed E-state index contributed by atoms with van der Waals surface area (Å²) in [6.07, 6.45) is 2.55. The average Bonchev–Trinajstić information content (AvgIpc) is 3.08. The second-order valence-electron chi connectivity index (χ2n) is 7.66. The molecule has 7 heteroatoms. The molecule has 1 N–H and O–H groups in total. The first-order valence-corrected chi connectivity index (χ1v) is 10.4. The number of aromatic nitrogens is 1. The first-order valence-electron chi connectivity index (χ1n) is 9.59. The molecule has 2 aliphatic rings. The number of nitrogens with zero attached hydrogens (tertiary/aromatic N) is 2. The van der Waals surface area contributed by atoms with Crippen LogP contribution in [0.25, 0.3) is 0 Å². The summed E-state index contributed by atoms with van der Waals surface area (Å²) in [6.45, 7) is 5.74. The topological polar surface area (TPSA) is 79.7 Å². The number of thiophene rings is 1. The maximum absolute atomic E-state index is 12.8. The van der Waals surface area contributed by atoms with E-state index in [1.54, 1.807) is 6.07 Å². The van der Waals surface area contributed by atoms with Crippen molar-refractivity contribution in [2.45, 2.75) is 45.1 Å². The average molecular weight is 401 g/mol. The summed E-state index contributed by atoms with van der Waals surface area (Å²) < 4.78 is 6.17. The third-order valence-corrected chi connectivity index (χ3v) is 6.82. The monoisotopic (exact) mass is 400 g/mol. The Hall–Kier alpha value is -2.25. The highest BCUT2D eigenvalue weighted by molar-refractivity contribution is 7.14. The zero-order valence-electron chi connectivity index (χ0n) is 16.2. The summed E-state index contributed by atoms with van der Waals surface area (Å²) in [7, 11) is 0. The van der Waals surface area contributed by atoms with Gasteiger partial charge in [0, 0.05) is 35.8 Å². The molecule has 1 amide bonds. The molecule has 1 fully saturated rings. The van der Waals surface area contributed by atoms with Crippen LogP contribution in [0.2, 0.25) is 0 Å². The molecule has 2 aromatic heterocycles. The van der Waals surface area contributed by atoms with Gasteiger partial charge < -0.3 is 14.7 Å². The highest BCUT2D eigenvalue weighted by Gasteiger charge is 2.43. The number of hydrogen-bond donors (Lipinski definition) is 1. The molecular weight excluding hydrogens is 376 g/mol. The van der Waals surface area contributed by atoms with Crippen LogP contribution in [-0.2, 0) is 28.0 Å². The molecule has 28 heavy (non-hydrogen) atoms. The van der Waals surface area contributed by atoms with Crippen molar-refractivity contribution < 1.29 is 19.4 Å². The van der Waals surface area contributed by atoms with E-state index in [1.807, 2.05) is 30.9 Å². The van der Waals surface area contributed by atoms with Gasteiger partial charge in [-0.2, -0.15) is 0 Å². The Bertz CT molecular complexity index is 908. The van der Waals surface area contributed by atoms with Crippen molar-refractivity contribution >= 4 is 23.2 Å². The van der Waals surface area contributed by atoms with Gasteiger partial charge in [0.15, 0.2) is 0 Å². The summed E-state index contributed by atoms with van der Waals surface area (Å²) in [5, 5.41) is 9.33. The predicted molar refractivity (Wildman–Crippen MR) is 106 cm³/mol. The van der Waals surface area contributed by atoms with E-state index in [9.17, 15) is 14.7 Å². The summed E-state index contributed by atoms with van der Waals surface area (Å²) in [5.41, 5.74) is 3.42. The Labute approximate surface area is 168 Å². The molecule has 0 saturated carbocycles. The summed E-state index contributed by atoms with van der Waals surface area (Å²) in [5.74, 6) is -0.766. The van der Waals surface area contributed by atoms with Crippen LogP contribution in [0.4, 0.5) is 0 Å². The fraction of sp³-hybridized carbons (Fsp3) is 0.476. The van der Waals surface area contributed by atoms with Crippen molar-refractivity contribution in [2.24, 2.45) is 0 Å². The molecule has 0 bridgehead atoms. The normalized spacial score (nSPS) is 18.1. The van der Waals surface area contributed by atoms with Crippen LogP contribution in [0.5, 0.6) is 0 Å². The molecule has 4 rings (SSSR count). The van der Waals surface area contributed by atoms with E-state index < -0.39 is 11.6 Å². The Morgan fingerprint density at radius 1 is 1.21 bits per heavy atom. The number of ether oxygens (including phenoxy) is 1. The Morgan fingerprint density at radius 3 is 2.54 bits per heavy atom. The van der Waals surface area contributed by atoms with Crippen LogP contribution in [0.3, 0.4) is 0 Å². The van der Waals surface area contributed by atoms with E-state index in [0.29, 0.717) is 43.8 Å². The molecule has 0 aliphatic carbocycles. The molecule has 1 saturated heterocycles. The highest BCUT2D eigenvalue weighted by atomic mass is 32.1. The molecule has 0 aromatic carbocycles. The van der Waals surface area contributed by atoms with E-state index in [1.165, 1.54) is 11.3 Å². The third kappa shape index (κ3) is 3.56. The second-order valence-corrected chi connectivity index (χ2v) is 8.80. The van der Waals surface area contributed by atoms with E-state index in [-0.39, 0.29) is 5.91 Å². The number of carboxylic acids is 1. The van der Waals surface area contributed by atoms with Gasteiger partial charge in [-0.1, -0.05) is 0 Å². The van der Waals surface area contributed by atoms with Gasteiger partial charge in [-0.15, -0.1) is 11.3 Å². The lowest BCUT2D eigenvalue weighted by atomic mass is 9.82. The van der Waals surface area contributed by atoms with Gasteiger partial charge in [0.1, 0.15) is 4.88 Å². The van der Waals surface area contributed by atoms with Gasteiger partial charge in [-0.05, 0) is 56.0 Å². The van der Waals surface area contributed by atoms with Crippen LogP contribution >= 0.6 is 11.3 Å². The zero-order chi connectivity index (χ0) is 19.9. The van der Waals surface area contributed by atoms with Crippen molar-refractivity contribution in [3.8, 4) is 0 Å². The number of fused-ring (bicyclic) bond motifs is 2. The number of likely N-dealkylation sites (tertiary alicyclic amines) is 1. The molecule has 6 nitrogen and oxygen atoms in total. The maximum Gasteiger partial charge on any atom is 0.345 e. The minimum Gasteiger partial charge on any atom is -0.477 e. The number of aromatic carboxylic acids is 1. The largest absolute Gasteiger partial charge is 0.477 e. The quantitative estimate of drug-likeness (QED) is 0.856. The minimum atomic E-state index is -0.884. The predicted octanol–water partition coefficient (Wildman–Crippen LogP) is 3.09. The molecule has 1 spiro atoms. The smallest absolute Gasteiger partial charge is 0.345 e. The van der Waals surface area contributed by atoms with Crippen molar-refractivity contribution in [3.63, 3.8) is 0 Å². The lowest BCUT2D eigenvalue weighted by Crippen LogP contribution is -2.48. The number of carbonyl (C=O) groups is 2. The Balaban J connectivity index is 1.46. The van der Waals surface area contributed by atoms with Crippen LogP contribution in [0.1, 0.15) is 49.9 Å². The van der Waals surface area contributed by atoms with Crippen LogP contribution in [-0.4, -0.2) is 46.6 Å². The van der Waals surface area contributed by atoms with Crippen LogP contribution < -0.4 is 0 Å². The first kappa shape index (κ1) is 19.1. The number of amides is 1. The lowest BCUT2D eigenvalue weighted by molar-refractivity contribution is -0.139.